The quantitative estimate of drug-likeness (QED) is 0.837. The molecule has 2 aromatic rings. The number of nitrogens with two attached hydrogens (primary N) is 1. The van der Waals surface area contributed by atoms with E-state index >= 15 is 0 Å². The van der Waals surface area contributed by atoms with Gasteiger partial charge in [0.05, 0.1) is 0 Å². The van der Waals surface area contributed by atoms with Crippen LogP contribution in [0.2, 0.25) is 0 Å². The predicted octanol–water partition coefficient (Wildman–Crippen LogP) is 1.12. The van der Waals surface area contributed by atoms with Crippen LogP contribution < -0.4 is 10.5 Å². The van der Waals surface area contributed by atoms with Crippen LogP contribution in [-0.4, -0.2) is 19.9 Å². The highest BCUT2D eigenvalue weighted by Gasteiger charge is 2.15. The first-order valence-corrected chi connectivity index (χ1v) is 8.14. The molecule has 0 unspecified atom stereocenters. The molecule has 3 N–H and O–H groups in total. The molecule has 0 aliphatic heterocycles. The van der Waals surface area contributed by atoms with Gasteiger partial charge in [0.15, 0.2) is 0 Å². The number of nitrogens with one attached hydrogen (secondary N) is 1. The van der Waals surface area contributed by atoms with Gasteiger partial charge in [-0.25, -0.2) is 13.1 Å². The van der Waals surface area contributed by atoms with Gasteiger partial charge >= 0.3 is 0 Å². The SMILES string of the molecule is NCc1csc(S(=O)(=O)NCCc2cccnc2)c1. The highest BCUT2D eigenvalue weighted by Crippen LogP contribution is 2.19. The van der Waals surface area contributed by atoms with Crippen molar-refractivity contribution in [1.82, 2.24) is 9.71 Å². The Morgan fingerprint density at radius 2 is 2.21 bits per heavy atom. The fourth-order valence-corrected chi connectivity index (χ4v) is 3.85. The predicted molar refractivity (Wildman–Crippen MR) is 75.3 cm³/mol. The number of rotatable bonds is 6. The maximum absolute atomic E-state index is 12.0. The van der Waals surface area contributed by atoms with Gasteiger partial charge in [-0.3, -0.25) is 4.98 Å². The standard InChI is InChI=1S/C12H15N3O2S2/c13-7-11-6-12(18-9-11)19(16,17)15-5-3-10-2-1-4-14-8-10/h1-2,4,6,8-9,15H,3,5,7,13H2. The molecule has 0 radical (unpaired) electrons. The Bertz CT molecular complexity index is 623. The van der Waals surface area contributed by atoms with Crippen LogP contribution in [0, 0.1) is 0 Å². The summed E-state index contributed by atoms with van der Waals surface area (Å²) in [7, 11) is -3.43. The van der Waals surface area contributed by atoms with Gasteiger partial charge in [-0.2, -0.15) is 0 Å². The van der Waals surface area contributed by atoms with Gasteiger partial charge in [-0.1, -0.05) is 6.07 Å². The summed E-state index contributed by atoms with van der Waals surface area (Å²) in [5.41, 5.74) is 7.30. The lowest BCUT2D eigenvalue weighted by Gasteiger charge is -2.04. The van der Waals surface area contributed by atoms with E-state index in [4.69, 9.17) is 5.73 Å². The van der Waals surface area contributed by atoms with E-state index in [1.807, 2.05) is 12.1 Å². The molecule has 0 aliphatic rings. The minimum atomic E-state index is -3.43. The number of nitrogens with zero attached hydrogens (tertiary/aromatic N) is 1. The van der Waals surface area contributed by atoms with Gasteiger partial charge in [-0.15, -0.1) is 11.3 Å². The van der Waals surface area contributed by atoms with Crippen molar-refractivity contribution in [2.45, 2.75) is 17.2 Å². The molecular formula is C12H15N3O2S2. The second-order valence-corrected chi connectivity index (χ2v) is 6.89. The molecule has 0 amide bonds. The Labute approximate surface area is 116 Å². The normalized spacial score (nSPS) is 11.6. The van der Waals surface area contributed by atoms with Gasteiger partial charge in [0.25, 0.3) is 0 Å². The number of sulfonamides is 1. The Morgan fingerprint density at radius 1 is 1.37 bits per heavy atom. The average Bonchev–Trinajstić information content (AvgIpc) is 2.89. The van der Waals surface area contributed by atoms with E-state index in [0.29, 0.717) is 23.7 Å². The first-order valence-electron chi connectivity index (χ1n) is 5.78. The first kappa shape index (κ1) is 14.1. The third-order valence-corrected chi connectivity index (χ3v) is 5.51. The summed E-state index contributed by atoms with van der Waals surface area (Å²) in [5, 5.41) is 1.76. The first-order chi connectivity index (χ1) is 9.12. The summed E-state index contributed by atoms with van der Waals surface area (Å²) in [6.45, 7) is 0.700. The van der Waals surface area contributed by atoms with Gasteiger partial charge in [0, 0.05) is 25.5 Å². The van der Waals surface area contributed by atoms with E-state index in [2.05, 4.69) is 9.71 Å². The molecule has 5 nitrogen and oxygen atoms in total. The molecule has 2 rings (SSSR count). The lowest BCUT2D eigenvalue weighted by atomic mass is 10.2. The highest BCUT2D eigenvalue weighted by atomic mass is 32.2. The van der Waals surface area contributed by atoms with Crippen molar-refractivity contribution >= 4 is 21.4 Å². The summed E-state index contributed by atoms with van der Waals surface area (Å²) >= 11 is 1.18. The number of hydrogen-bond donors (Lipinski definition) is 2. The van der Waals surface area contributed by atoms with E-state index in [-0.39, 0.29) is 0 Å². The molecule has 0 aliphatic carbocycles. The molecule has 0 fully saturated rings. The number of aromatic nitrogens is 1. The zero-order chi connectivity index (χ0) is 13.7. The zero-order valence-electron chi connectivity index (χ0n) is 10.2. The fraction of sp³-hybridized carbons (Fsp3) is 0.250. The van der Waals surface area contributed by atoms with Crippen LogP contribution in [-0.2, 0) is 23.0 Å². The van der Waals surface area contributed by atoms with E-state index in [0.717, 1.165) is 11.1 Å². The molecule has 0 bridgehead atoms. The van der Waals surface area contributed by atoms with E-state index in [1.54, 1.807) is 23.8 Å². The van der Waals surface area contributed by atoms with E-state index in [1.165, 1.54) is 11.3 Å². The smallest absolute Gasteiger partial charge is 0.250 e. The zero-order valence-corrected chi connectivity index (χ0v) is 11.9. The number of hydrogen-bond acceptors (Lipinski definition) is 5. The molecule has 0 atom stereocenters. The molecule has 0 aromatic carbocycles. The minimum absolute atomic E-state index is 0.305. The van der Waals surface area contributed by atoms with Crippen LogP contribution in [0.1, 0.15) is 11.1 Å². The molecule has 102 valence electrons. The van der Waals surface area contributed by atoms with Gasteiger partial charge in [0.1, 0.15) is 4.21 Å². The molecular weight excluding hydrogens is 282 g/mol. The van der Waals surface area contributed by atoms with Crippen LogP contribution >= 0.6 is 11.3 Å². The molecule has 0 saturated heterocycles. The number of thiophene rings is 1. The second kappa shape index (κ2) is 6.25. The molecule has 2 heterocycles. The van der Waals surface area contributed by atoms with Crippen LogP contribution in [0.5, 0.6) is 0 Å². The summed E-state index contributed by atoms with van der Waals surface area (Å²) in [4.78, 5) is 3.98. The lowest BCUT2D eigenvalue weighted by Crippen LogP contribution is -2.25. The summed E-state index contributed by atoms with van der Waals surface area (Å²) in [5.74, 6) is 0. The maximum Gasteiger partial charge on any atom is 0.250 e. The van der Waals surface area contributed by atoms with Crippen LogP contribution in [0.4, 0.5) is 0 Å². The largest absolute Gasteiger partial charge is 0.326 e. The van der Waals surface area contributed by atoms with Gasteiger partial charge in [0.2, 0.25) is 10.0 Å². The van der Waals surface area contributed by atoms with Crippen molar-refractivity contribution in [2.24, 2.45) is 5.73 Å². The Hall–Kier alpha value is -1.28. The van der Waals surface area contributed by atoms with Crippen molar-refractivity contribution in [1.29, 1.82) is 0 Å². The van der Waals surface area contributed by atoms with Crippen molar-refractivity contribution < 1.29 is 8.42 Å². The molecule has 2 aromatic heterocycles. The lowest BCUT2D eigenvalue weighted by molar-refractivity contribution is 0.583. The average molecular weight is 297 g/mol. The molecule has 0 saturated carbocycles. The molecule has 19 heavy (non-hydrogen) atoms. The summed E-state index contributed by atoms with van der Waals surface area (Å²) < 4.78 is 26.9. The van der Waals surface area contributed by atoms with Crippen LogP contribution in [0.3, 0.4) is 0 Å². The second-order valence-electron chi connectivity index (χ2n) is 3.99. The van der Waals surface area contributed by atoms with Crippen LogP contribution in [0.15, 0.2) is 40.2 Å². The van der Waals surface area contributed by atoms with E-state index < -0.39 is 10.0 Å². The Kier molecular flexibility index (Phi) is 4.65. The third-order valence-electron chi connectivity index (χ3n) is 2.56. The van der Waals surface area contributed by atoms with Crippen LogP contribution in [0.25, 0.3) is 0 Å². The number of pyridine rings is 1. The molecule has 7 heteroatoms. The monoisotopic (exact) mass is 297 g/mol. The van der Waals surface area contributed by atoms with Crippen molar-refractivity contribution in [3.05, 3.63) is 47.1 Å². The summed E-state index contributed by atoms with van der Waals surface area (Å²) in [6, 6.07) is 5.35. The highest BCUT2D eigenvalue weighted by molar-refractivity contribution is 7.91. The Morgan fingerprint density at radius 3 is 2.84 bits per heavy atom. The maximum atomic E-state index is 12.0. The molecule has 0 spiro atoms. The van der Waals surface area contributed by atoms with Crippen molar-refractivity contribution in [3.8, 4) is 0 Å². The topological polar surface area (TPSA) is 85.1 Å². The van der Waals surface area contributed by atoms with Gasteiger partial charge < -0.3 is 5.73 Å². The van der Waals surface area contributed by atoms with E-state index in [9.17, 15) is 8.42 Å². The fourth-order valence-electron chi connectivity index (χ4n) is 1.55. The van der Waals surface area contributed by atoms with Crippen molar-refractivity contribution in [3.63, 3.8) is 0 Å². The van der Waals surface area contributed by atoms with Crippen molar-refractivity contribution in [2.75, 3.05) is 6.54 Å². The minimum Gasteiger partial charge on any atom is -0.326 e. The summed E-state index contributed by atoms with van der Waals surface area (Å²) in [6.07, 6.45) is 4.03. The van der Waals surface area contributed by atoms with Gasteiger partial charge in [-0.05, 0) is 35.1 Å². The third kappa shape index (κ3) is 3.84. The Balaban J connectivity index is 1.94.